The summed E-state index contributed by atoms with van der Waals surface area (Å²) in [6.07, 6.45) is 0. The number of thiophene rings is 1. The van der Waals surface area contributed by atoms with Crippen LogP contribution in [-0.4, -0.2) is 0 Å². The van der Waals surface area contributed by atoms with Crippen molar-refractivity contribution in [3.8, 4) is 44.5 Å². The number of hydrogen-bond donors (Lipinski definition) is 0. The summed E-state index contributed by atoms with van der Waals surface area (Å²) in [4.78, 5) is 2.46. The molecule has 0 saturated heterocycles. The van der Waals surface area contributed by atoms with E-state index in [1.807, 2.05) is 23.5 Å². The molecule has 0 aliphatic carbocycles. The lowest BCUT2D eigenvalue weighted by molar-refractivity contribution is 0.669. The van der Waals surface area contributed by atoms with Crippen molar-refractivity contribution in [3.05, 3.63) is 212 Å². The molecule has 2 aromatic heterocycles. The van der Waals surface area contributed by atoms with Crippen LogP contribution in [0.4, 0.5) is 17.1 Å². The van der Waals surface area contributed by atoms with Crippen LogP contribution in [0.1, 0.15) is 0 Å². The third-order valence-electron chi connectivity index (χ3n) is 11.1. The molecular weight excluding hydrogens is 711 g/mol. The normalized spacial score (nSPS) is 11.5. The van der Waals surface area contributed by atoms with E-state index in [1.165, 1.54) is 59.1 Å². The molecule has 0 radical (unpaired) electrons. The fraction of sp³-hybridized carbons (Fsp3) is 0. The van der Waals surface area contributed by atoms with Crippen molar-refractivity contribution in [1.82, 2.24) is 0 Å². The molecule has 0 amide bonds. The van der Waals surface area contributed by atoms with Crippen LogP contribution in [0.5, 0.6) is 0 Å². The van der Waals surface area contributed by atoms with Gasteiger partial charge in [0, 0.05) is 53.3 Å². The Balaban J connectivity index is 1.18. The van der Waals surface area contributed by atoms with Gasteiger partial charge in [-0.25, -0.2) is 0 Å². The van der Waals surface area contributed by atoms with Crippen LogP contribution in [-0.2, 0) is 0 Å². The molecule has 9 aromatic carbocycles. The first-order chi connectivity index (χ1) is 28.3. The lowest BCUT2D eigenvalue weighted by Gasteiger charge is -2.30. The SMILES string of the molecule is c1ccc(-c2ccccc2-c2ccccc2-c2ccccc2N(c2ccc3oc4ccccc4c3c2)c2ccccc2-c2cccc3c2sc2ccccc23)cc1. The molecule has 0 aliphatic rings. The van der Waals surface area contributed by atoms with Crippen molar-refractivity contribution in [1.29, 1.82) is 0 Å². The van der Waals surface area contributed by atoms with E-state index in [4.69, 9.17) is 4.42 Å². The maximum absolute atomic E-state index is 6.36. The Morgan fingerprint density at radius 2 is 0.842 bits per heavy atom. The number of hydrogen-bond acceptors (Lipinski definition) is 3. The number of furan rings is 1. The Hall–Kier alpha value is -7.20. The number of rotatable bonds is 7. The Morgan fingerprint density at radius 3 is 1.60 bits per heavy atom. The third-order valence-corrected chi connectivity index (χ3v) is 12.3. The van der Waals surface area contributed by atoms with Gasteiger partial charge in [-0.3, -0.25) is 0 Å². The van der Waals surface area contributed by atoms with Crippen molar-refractivity contribution in [2.45, 2.75) is 0 Å². The molecule has 268 valence electrons. The Bertz CT molecular complexity index is 3260. The van der Waals surface area contributed by atoms with E-state index < -0.39 is 0 Å². The number of nitrogens with zero attached hydrogens (tertiary/aromatic N) is 1. The lowest BCUT2D eigenvalue weighted by Crippen LogP contribution is -2.12. The van der Waals surface area contributed by atoms with Gasteiger partial charge < -0.3 is 9.32 Å². The summed E-state index contributed by atoms with van der Waals surface area (Å²) in [5.74, 6) is 0. The van der Waals surface area contributed by atoms with Crippen LogP contribution in [0.3, 0.4) is 0 Å². The average Bonchev–Trinajstić information content (AvgIpc) is 3.86. The van der Waals surface area contributed by atoms with E-state index in [0.29, 0.717) is 0 Å². The monoisotopic (exact) mass is 745 g/mol. The third kappa shape index (κ3) is 5.63. The summed E-state index contributed by atoms with van der Waals surface area (Å²) in [6.45, 7) is 0. The van der Waals surface area contributed by atoms with E-state index in [0.717, 1.165) is 44.6 Å². The van der Waals surface area contributed by atoms with Crippen LogP contribution in [0.15, 0.2) is 217 Å². The Morgan fingerprint density at radius 1 is 0.333 bits per heavy atom. The Labute approximate surface area is 335 Å². The summed E-state index contributed by atoms with van der Waals surface area (Å²) >= 11 is 1.87. The quantitative estimate of drug-likeness (QED) is 0.162. The largest absolute Gasteiger partial charge is 0.456 e. The molecule has 3 heteroatoms. The molecule has 0 unspecified atom stereocenters. The molecule has 0 atom stereocenters. The van der Waals surface area contributed by atoms with Gasteiger partial charge in [-0.05, 0) is 70.3 Å². The first-order valence-corrected chi connectivity index (χ1v) is 20.2. The van der Waals surface area contributed by atoms with E-state index in [-0.39, 0.29) is 0 Å². The van der Waals surface area contributed by atoms with Gasteiger partial charge in [-0.1, -0.05) is 170 Å². The highest BCUT2D eigenvalue weighted by atomic mass is 32.1. The molecule has 0 aliphatic heterocycles. The van der Waals surface area contributed by atoms with Crippen molar-refractivity contribution < 1.29 is 4.42 Å². The molecule has 0 bridgehead atoms. The molecule has 0 fully saturated rings. The zero-order chi connectivity index (χ0) is 37.7. The van der Waals surface area contributed by atoms with Crippen molar-refractivity contribution in [2.24, 2.45) is 0 Å². The number of anilines is 3. The van der Waals surface area contributed by atoms with Crippen molar-refractivity contribution in [3.63, 3.8) is 0 Å². The van der Waals surface area contributed by atoms with Gasteiger partial charge in [0.2, 0.25) is 0 Å². The highest BCUT2D eigenvalue weighted by Gasteiger charge is 2.24. The first-order valence-electron chi connectivity index (χ1n) is 19.3. The smallest absolute Gasteiger partial charge is 0.135 e. The molecule has 2 heterocycles. The van der Waals surface area contributed by atoms with Gasteiger partial charge in [0.1, 0.15) is 11.2 Å². The van der Waals surface area contributed by atoms with Crippen LogP contribution in [0.25, 0.3) is 86.6 Å². The first kappa shape index (κ1) is 33.2. The standard InChI is InChI=1S/C54H35NOS/c1-2-17-36(18-3-1)38-19-4-5-20-39(38)40-21-6-7-22-41(40)42-23-8-12-29-49(42)55(37-33-34-52-48(35-37)44-25-10-14-31-51(44)56-52)50-30-13-9-24-43(50)46-27-16-28-47-45-26-11-15-32-53(45)57-54(46)47/h1-35H. The molecule has 0 spiro atoms. The highest BCUT2D eigenvalue weighted by molar-refractivity contribution is 7.26. The topological polar surface area (TPSA) is 16.4 Å². The molecule has 0 N–H and O–H groups in total. The van der Waals surface area contributed by atoms with Gasteiger partial charge in [-0.15, -0.1) is 11.3 Å². The summed E-state index contributed by atoms with van der Waals surface area (Å²) in [7, 11) is 0. The van der Waals surface area contributed by atoms with E-state index in [9.17, 15) is 0 Å². The van der Waals surface area contributed by atoms with Crippen molar-refractivity contribution >= 4 is 70.5 Å². The summed E-state index contributed by atoms with van der Waals surface area (Å²) in [6, 6.07) is 76.5. The number of para-hydroxylation sites is 3. The number of fused-ring (bicyclic) bond motifs is 6. The van der Waals surface area contributed by atoms with Gasteiger partial charge in [0.15, 0.2) is 0 Å². The molecule has 11 rings (SSSR count). The second-order valence-electron chi connectivity index (χ2n) is 14.4. The zero-order valence-corrected chi connectivity index (χ0v) is 31.8. The second kappa shape index (κ2) is 13.8. The zero-order valence-electron chi connectivity index (χ0n) is 31.0. The predicted octanol–water partition coefficient (Wildman–Crippen LogP) is 16.1. The maximum atomic E-state index is 6.36. The molecule has 2 nitrogen and oxygen atoms in total. The van der Waals surface area contributed by atoms with E-state index in [1.54, 1.807) is 0 Å². The summed E-state index contributed by atoms with van der Waals surface area (Å²) in [5.41, 5.74) is 14.5. The summed E-state index contributed by atoms with van der Waals surface area (Å²) in [5, 5.41) is 4.77. The van der Waals surface area contributed by atoms with Crippen LogP contribution in [0, 0.1) is 0 Å². The minimum absolute atomic E-state index is 0.874. The van der Waals surface area contributed by atoms with Gasteiger partial charge in [0.25, 0.3) is 0 Å². The second-order valence-corrected chi connectivity index (χ2v) is 15.4. The Kier molecular flexibility index (Phi) is 8.04. The molecule has 0 saturated carbocycles. The fourth-order valence-electron chi connectivity index (χ4n) is 8.55. The number of benzene rings is 9. The van der Waals surface area contributed by atoms with Crippen LogP contribution >= 0.6 is 11.3 Å². The molecule has 57 heavy (non-hydrogen) atoms. The summed E-state index contributed by atoms with van der Waals surface area (Å²) < 4.78 is 8.94. The van der Waals surface area contributed by atoms with Crippen LogP contribution < -0.4 is 4.90 Å². The van der Waals surface area contributed by atoms with E-state index >= 15 is 0 Å². The highest BCUT2D eigenvalue weighted by Crippen LogP contribution is 2.50. The van der Waals surface area contributed by atoms with Gasteiger partial charge >= 0.3 is 0 Å². The maximum Gasteiger partial charge on any atom is 0.135 e. The van der Waals surface area contributed by atoms with Crippen LogP contribution in [0.2, 0.25) is 0 Å². The molecular formula is C54H35NOS. The van der Waals surface area contributed by atoms with Crippen molar-refractivity contribution in [2.75, 3.05) is 4.90 Å². The molecule has 11 aromatic rings. The lowest BCUT2D eigenvalue weighted by atomic mass is 9.88. The minimum atomic E-state index is 0.874. The fourth-order valence-corrected chi connectivity index (χ4v) is 9.78. The predicted molar refractivity (Wildman–Crippen MR) is 243 cm³/mol. The van der Waals surface area contributed by atoms with Gasteiger partial charge in [0.05, 0.1) is 11.4 Å². The van der Waals surface area contributed by atoms with Gasteiger partial charge in [-0.2, -0.15) is 0 Å². The minimum Gasteiger partial charge on any atom is -0.456 e. The average molecular weight is 746 g/mol. The van der Waals surface area contributed by atoms with E-state index in [2.05, 4.69) is 205 Å².